The number of hydrogen-bond acceptors (Lipinski definition) is 7. The Morgan fingerprint density at radius 2 is 2.00 bits per heavy atom. The van der Waals surface area contributed by atoms with Crippen LogP contribution in [0, 0.1) is 17.1 Å². The van der Waals surface area contributed by atoms with Crippen LogP contribution >= 0.6 is 22.9 Å². The molecule has 8 nitrogen and oxygen atoms in total. The summed E-state index contributed by atoms with van der Waals surface area (Å²) < 4.78 is 47.4. The molecule has 0 radical (unpaired) electrons. The first-order chi connectivity index (χ1) is 14.9. The Morgan fingerprint density at radius 1 is 1.19 bits per heavy atom. The molecule has 0 atom stereocenters. The first-order valence-electron chi connectivity index (χ1n) is 8.50. The summed E-state index contributed by atoms with van der Waals surface area (Å²) in [7, 11) is -4.00. The van der Waals surface area contributed by atoms with Crippen molar-refractivity contribution in [1.82, 2.24) is 15.2 Å². The first kappa shape index (κ1) is 20.8. The summed E-state index contributed by atoms with van der Waals surface area (Å²) >= 11 is 6.73. The van der Waals surface area contributed by atoms with Gasteiger partial charge in [-0.3, -0.25) is 9.82 Å². The molecule has 12 heteroatoms. The number of thiazole rings is 1. The number of aromatic amines is 1. The highest BCUT2D eigenvalue weighted by Gasteiger charge is 2.19. The van der Waals surface area contributed by atoms with Crippen LogP contribution in [0.3, 0.4) is 0 Å². The lowest BCUT2D eigenvalue weighted by Gasteiger charge is -2.13. The Kier molecular flexibility index (Phi) is 5.60. The molecular formula is C19H11ClFN5O3S2. The molecule has 2 aromatic carbocycles. The Hall–Kier alpha value is -3.46. The van der Waals surface area contributed by atoms with Gasteiger partial charge in [0.15, 0.2) is 5.13 Å². The lowest BCUT2D eigenvalue weighted by Crippen LogP contribution is -2.13. The number of nitrogens with one attached hydrogen (secondary N) is 2. The second-order valence-corrected chi connectivity index (χ2v) is 9.42. The Bertz CT molecular complexity index is 1400. The van der Waals surface area contributed by atoms with Crippen molar-refractivity contribution in [2.45, 2.75) is 4.90 Å². The second kappa shape index (κ2) is 8.35. The minimum Gasteiger partial charge on any atom is -0.455 e. The molecule has 0 saturated heterocycles. The van der Waals surface area contributed by atoms with Gasteiger partial charge in [0.05, 0.1) is 22.9 Å². The van der Waals surface area contributed by atoms with E-state index < -0.39 is 15.8 Å². The zero-order valence-electron chi connectivity index (χ0n) is 15.3. The monoisotopic (exact) mass is 475 g/mol. The molecule has 0 amide bonds. The zero-order chi connectivity index (χ0) is 22.0. The van der Waals surface area contributed by atoms with Gasteiger partial charge in [-0.05, 0) is 36.4 Å². The molecule has 0 saturated carbocycles. The summed E-state index contributed by atoms with van der Waals surface area (Å²) in [5, 5.41) is 16.1. The van der Waals surface area contributed by atoms with Crippen molar-refractivity contribution >= 4 is 38.1 Å². The molecule has 4 rings (SSSR count). The Labute approximate surface area is 185 Å². The van der Waals surface area contributed by atoms with Crippen molar-refractivity contribution in [3.05, 3.63) is 70.7 Å². The maximum Gasteiger partial charge on any atom is 0.263 e. The van der Waals surface area contributed by atoms with Gasteiger partial charge in [-0.1, -0.05) is 22.9 Å². The molecule has 0 unspecified atom stereocenters. The SMILES string of the molecule is N#Cc1cc(S(=O)(=O)Nc2ncc(Cl)s2)ccc1Oc1ccc(F)cc1-c1cn[nH]c1. The number of nitrogens with zero attached hydrogens (tertiary/aromatic N) is 3. The average molecular weight is 476 g/mol. The van der Waals surface area contributed by atoms with Gasteiger partial charge >= 0.3 is 0 Å². The van der Waals surface area contributed by atoms with E-state index in [-0.39, 0.29) is 27.1 Å². The van der Waals surface area contributed by atoms with E-state index in [1.807, 2.05) is 6.07 Å². The highest BCUT2D eigenvalue weighted by atomic mass is 35.5. The fourth-order valence-electron chi connectivity index (χ4n) is 2.66. The van der Waals surface area contributed by atoms with E-state index in [0.717, 1.165) is 11.3 Å². The van der Waals surface area contributed by atoms with Crippen LogP contribution in [0.2, 0.25) is 4.34 Å². The van der Waals surface area contributed by atoms with Crippen LogP contribution in [-0.2, 0) is 10.0 Å². The van der Waals surface area contributed by atoms with E-state index >= 15 is 0 Å². The number of sulfonamides is 1. The van der Waals surface area contributed by atoms with Crippen LogP contribution in [-0.4, -0.2) is 23.6 Å². The molecular weight excluding hydrogens is 465 g/mol. The van der Waals surface area contributed by atoms with Gasteiger partial charge in [-0.2, -0.15) is 10.4 Å². The molecule has 0 spiro atoms. The summed E-state index contributed by atoms with van der Waals surface area (Å²) in [4.78, 5) is 3.70. The van der Waals surface area contributed by atoms with Crippen LogP contribution < -0.4 is 9.46 Å². The van der Waals surface area contributed by atoms with Crippen molar-refractivity contribution in [2.75, 3.05) is 4.72 Å². The van der Waals surface area contributed by atoms with Gasteiger partial charge in [0.2, 0.25) is 0 Å². The highest BCUT2D eigenvalue weighted by molar-refractivity contribution is 7.93. The van der Waals surface area contributed by atoms with Crippen molar-refractivity contribution < 1.29 is 17.5 Å². The van der Waals surface area contributed by atoms with Crippen molar-refractivity contribution in [1.29, 1.82) is 5.26 Å². The second-order valence-electron chi connectivity index (χ2n) is 6.07. The largest absolute Gasteiger partial charge is 0.455 e. The molecule has 0 fully saturated rings. The number of rotatable bonds is 6. The van der Waals surface area contributed by atoms with E-state index in [1.54, 1.807) is 6.20 Å². The van der Waals surface area contributed by atoms with E-state index in [4.69, 9.17) is 16.3 Å². The number of H-pyrrole nitrogens is 1. The van der Waals surface area contributed by atoms with Gasteiger partial charge in [0.1, 0.15) is 27.7 Å². The predicted molar refractivity (Wildman–Crippen MR) is 113 cm³/mol. The zero-order valence-corrected chi connectivity index (χ0v) is 17.7. The maximum absolute atomic E-state index is 13.8. The van der Waals surface area contributed by atoms with Crippen molar-refractivity contribution in [2.24, 2.45) is 0 Å². The van der Waals surface area contributed by atoms with Gasteiger partial charge in [0.25, 0.3) is 10.0 Å². The third kappa shape index (κ3) is 4.51. The normalized spacial score (nSPS) is 11.1. The van der Waals surface area contributed by atoms with Crippen molar-refractivity contribution in [3.63, 3.8) is 0 Å². The fraction of sp³-hybridized carbons (Fsp3) is 0. The standard InChI is InChI=1S/C19H11ClFN5O3S2/c20-18-10-23-19(30-18)26-31(27,28)14-2-4-16(11(5-14)7-22)29-17-3-1-13(21)6-15(17)12-8-24-25-9-12/h1-6,8-10H,(H,23,26)(H,24,25). The Balaban J connectivity index is 1.67. The third-order valence-corrected chi connectivity index (χ3v) is 6.55. The van der Waals surface area contributed by atoms with E-state index in [0.29, 0.717) is 15.5 Å². The molecule has 0 aliphatic rings. The number of halogens is 2. The van der Waals surface area contributed by atoms with Crippen LogP contribution in [0.1, 0.15) is 5.56 Å². The summed E-state index contributed by atoms with van der Waals surface area (Å²) in [6.07, 6.45) is 4.39. The van der Waals surface area contributed by atoms with Crippen LogP contribution in [0.4, 0.5) is 9.52 Å². The Morgan fingerprint density at radius 3 is 2.68 bits per heavy atom. The lowest BCUT2D eigenvalue weighted by molar-refractivity contribution is 0.480. The lowest BCUT2D eigenvalue weighted by atomic mass is 10.1. The first-order valence-corrected chi connectivity index (χ1v) is 11.2. The van der Waals surface area contributed by atoms with Crippen LogP contribution in [0.5, 0.6) is 11.5 Å². The molecule has 0 bridgehead atoms. The molecule has 0 aliphatic carbocycles. The summed E-state index contributed by atoms with van der Waals surface area (Å²) in [6, 6.07) is 9.63. The van der Waals surface area contributed by atoms with E-state index in [1.165, 1.54) is 48.8 Å². The highest BCUT2D eigenvalue weighted by Crippen LogP contribution is 2.35. The van der Waals surface area contributed by atoms with Gasteiger partial charge < -0.3 is 4.74 Å². The number of benzene rings is 2. The predicted octanol–water partition coefficient (Wildman–Crippen LogP) is 4.79. The molecule has 4 aromatic rings. The van der Waals surface area contributed by atoms with E-state index in [9.17, 15) is 18.1 Å². The molecule has 156 valence electrons. The topological polar surface area (TPSA) is 121 Å². The number of nitriles is 1. The molecule has 2 N–H and O–H groups in total. The third-order valence-electron chi connectivity index (χ3n) is 4.05. The molecule has 0 aliphatic heterocycles. The fourth-order valence-corrected chi connectivity index (χ4v) is 4.74. The smallest absolute Gasteiger partial charge is 0.263 e. The molecule has 2 heterocycles. The number of hydrogen-bond donors (Lipinski definition) is 2. The molecule has 31 heavy (non-hydrogen) atoms. The maximum atomic E-state index is 13.8. The minimum absolute atomic E-state index is 0.0254. The number of anilines is 1. The number of aromatic nitrogens is 3. The van der Waals surface area contributed by atoms with Gasteiger partial charge in [0, 0.05) is 17.3 Å². The van der Waals surface area contributed by atoms with E-state index in [2.05, 4.69) is 19.9 Å². The summed E-state index contributed by atoms with van der Waals surface area (Å²) in [6.45, 7) is 0. The number of ether oxygens (including phenoxy) is 1. The van der Waals surface area contributed by atoms with Crippen LogP contribution in [0.15, 0.2) is 59.9 Å². The quantitative estimate of drug-likeness (QED) is 0.413. The van der Waals surface area contributed by atoms with Crippen molar-refractivity contribution in [3.8, 4) is 28.7 Å². The molecule has 2 aromatic heterocycles. The van der Waals surface area contributed by atoms with Gasteiger partial charge in [-0.25, -0.2) is 17.8 Å². The van der Waals surface area contributed by atoms with Crippen LogP contribution in [0.25, 0.3) is 11.1 Å². The average Bonchev–Trinajstić information content (AvgIpc) is 3.41. The minimum atomic E-state index is -4.00. The van der Waals surface area contributed by atoms with Gasteiger partial charge in [-0.15, -0.1) is 0 Å². The summed E-state index contributed by atoms with van der Waals surface area (Å²) in [5.41, 5.74) is 0.970. The summed E-state index contributed by atoms with van der Waals surface area (Å²) in [5.74, 6) is -0.0978.